The van der Waals surface area contributed by atoms with Crippen LogP contribution in [0, 0.1) is 12.7 Å². The van der Waals surface area contributed by atoms with Crippen molar-refractivity contribution in [2.45, 2.75) is 33.1 Å². The third-order valence-corrected chi connectivity index (χ3v) is 3.61. The first-order valence-corrected chi connectivity index (χ1v) is 7.74. The molecule has 0 saturated carbocycles. The minimum Gasteiger partial charge on any atom is -0.482 e. The molecule has 25 heavy (non-hydrogen) atoms. The highest BCUT2D eigenvalue weighted by atomic mass is 19.1. The van der Waals surface area contributed by atoms with E-state index in [4.69, 9.17) is 14.4 Å². The number of aromatic nitrogens is 2. The van der Waals surface area contributed by atoms with E-state index in [1.54, 1.807) is 25.1 Å². The van der Waals surface area contributed by atoms with Crippen LogP contribution in [-0.4, -0.2) is 27.3 Å². The van der Waals surface area contributed by atoms with Crippen LogP contribution in [0.4, 0.5) is 4.39 Å². The Balaban J connectivity index is 1.72. The summed E-state index contributed by atoms with van der Waals surface area (Å²) in [6.07, 6.45) is -1.08. The van der Waals surface area contributed by atoms with Gasteiger partial charge in [0.25, 0.3) is 0 Å². The number of hydrogen-bond donors (Lipinski definition) is 3. The Morgan fingerprint density at radius 2 is 2.24 bits per heavy atom. The number of amides is 1. The lowest BCUT2D eigenvalue weighted by Crippen LogP contribution is -2.32. The molecule has 0 bridgehead atoms. The first-order chi connectivity index (χ1) is 11.9. The van der Waals surface area contributed by atoms with E-state index in [0.29, 0.717) is 22.4 Å². The number of ether oxygens (including phenoxy) is 1. The second-order valence-electron chi connectivity index (χ2n) is 5.78. The zero-order valence-corrected chi connectivity index (χ0v) is 13.8. The van der Waals surface area contributed by atoms with Gasteiger partial charge in [-0.3, -0.25) is 4.79 Å². The van der Waals surface area contributed by atoms with Gasteiger partial charge in [-0.2, -0.15) is 0 Å². The number of H-pyrrole nitrogens is 1. The molecule has 1 amide bonds. The summed E-state index contributed by atoms with van der Waals surface area (Å²) < 4.78 is 24.6. The van der Waals surface area contributed by atoms with Gasteiger partial charge in [-0.05, 0) is 26.0 Å². The number of aliphatic hydroxyl groups excluding tert-OH is 1. The number of hydrogen-bond acceptors (Lipinski definition) is 5. The predicted molar refractivity (Wildman–Crippen MR) is 87.4 cm³/mol. The summed E-state index contributed by atoms with van der Waals surface area (Å²) in [5, 5.41) is 16.1. The van der Waals surface area contributed by atoms with Gasteiger partial charge in [0.2, 0.25) is 5.91 Å². The van der Waals surface area contributed by atoms with E-state index in [0.717, 1.165) is 5.69 Å². The summed E-state index contributed by atoms with van der Waals surface area (Å²) in [4.78, 5) is 14.5. The van der Waals surface area contributed by atoms with E-state index in [2.05, 4.69) is 15.5 Å². The third-order valence-electron chi connectivity index (χ3n) is 3.61. The van der Waals surface area contributed by atoms with Gasteiger partial charge in [0.05, 0.1) is 12.2 Å². The number of carbonyl (C=O) groups is 1. The van der Waals surface area contributed by atoms with Crippen LogP contribution in [0.3, 0.4) is 0 Å². The molecule has 0 saturated heterocycles. The number of carbonyl (C=O) groups excluding carboxylic acids is 1. The fraction of sp³-hybridized carbons (Fsp3) is 0.294. The largest absolute Gasteiger partial charge is 0.482 e. The lowest BCUT2D eigenvalue weighted by molar-refractivity contribution is -0.128. The van der Waals surface area contributed by atoms with Gasteiger partial charge in [-0.1, -0.05) is 5.16 Å². The van der Waals surface area contributed by atoms with Gasteiger partial charge in [0.15, 0.2) is 17.3 Å². The van der Waals surface area contributed by atoms with Crippen molar-refractivity contribution in [1.29, 1.82) is 0 Å². The molecule has 3 aromatic rings. The van der Waals surface area contributed by atoms with Crippen LogP contribution in [0.5, 0.6) is 5.75 Å². The van der Waals surface area contributed by atoms with E-state index >= 15 is 0 Å². The molecule has 3 N–H and O–H groups in total. The van der Waals surface area contributed by atoms with Crippen molar-refractivity contribution in [2.75, 3.05) is 0 Å². The van der Waals surface area contributed by atoms with E-state index in [-0.39, 0.29) is 18.9 Å². The molecule has 0 aliphatic rings. The van der Waals surface area contributed by atoms with Crippen molar-refractivity contribution in [3.8, 4) is 5.75 Å². The number of rotatable bonds is 6. The van der Waals surface area contributed by atoms with Crippen molar-refractivity contribution < 1.29 is 23.6 Å². The first kappa shape index (κ1) is 17.0. The Morgan fingerprint density at radius 1 is 1.44 bits per heavy atom. The van der Waals surface area contributed by atoms with Gasteiger partial charge < -0.3 is 24.7 Å². The first-order valence-electron chi connectivity index (χ1n) is 7.74. The minimum absolute atomic E-state index is 0.0707. The Kier molecular flexibility index (Phi) is 4.71. The number of nitrogens with zero attached hydrogens (tertiary/aromatic N) is 1. The third kappa shape index (κ3) is 3.97. The topological polar surface area (TPSA) is 100 Å². The summed E-state index contributed by atoms with van der Waals surface area (Å²) in [5.41, 5.74) is 2.08. The van der Waals surface area contributed by atoms with Crippen LogP contribution in [0.1, 0.15) is 24.1 Å². The highest BCUT2D eigenvalue weighted by molar-refractivity contribution is 5.83. The zero-order chi connectivity index (χ0) is 18.0. The summed E-state index contributed by atoms with van der Waals surface area (Å²) in [5.74, 6) is -0.383. The highest BCUT2D eigenvalue weighted by Crippen LogP contribution is 2.26. The molecule has 0 aliphatic heterocycles. The van der Waals surface area contributed by atoms with Crippen molar-refractivity contribution in [3.05, 3.63) is 47.2 Å². The summed E-state index contributed by atoms with van der Waals surface area (Å²) >= 11 is 0. The maximum Gasteiger partial charge on any atom is 0.248 e. The quantitative estimate of drug-likeness (QED) is 0.634. The lowest BCUT2D eigenvalue weighted by Gasteiger charge is -2.05. The Bertz CT molecular complexity index is 901. The minimum atomic E-state index is -1.08. The summed E-state index contributed by atoms with van der Waals surface area (Å²) in [6.45, 7) is 3.45. The van der Waals surface area contributed by atoms with Crippen molar-refractivity contribution in [1.82, 2.24) is 15.5 Å². The van der Waals surface area contributed by atoms with Crippen LogP contribution in [0.2, 0.25) is 0 Å². The van der Waals surface area contributed by atoms with Gasteiger partial charge in [0.1, 0.15) is 12.7 Å². The number of aliphatic hydroxyl groups is 1. The Labute approximate surface area is 142 Å². The van der Waals surface area contributed by atoms with Crippen molar-refractivity contribution >= 4 is 16.8 Å². The van der Waals surface area contributed by atoms with Gasteiger partial charge in [0, 0.05) is 28.7 Å². The van der Waals surface area contributed by atoms with Crippen LogP contribution >= 0.6 is 0 Å². The number of fused-ring (bicyclic) bond motifs is 1. The SMILES string of the molecule is Cc1cc(COc2cc3[nH]c(CNC(=O)C(C)O)cc3cc2F)on1. The fourth-order valence-corrected chi connectivity index (χ4v) is 2.36. The Morgan fingerprint density at radius 3 is 2.92 bits per heavy atom. The maximum atomic E-state index is 14.2. The number of aryl methyl sites for hydroxylation is 1. The monoisotopic (exact) mass is 347 g/mol. The molecular weight excluding hydrogens is 329 g/mol. The molecule has 8 heteroatoms. The van der Waals surface area contributed by atoms with Gasteiger partial charge >= 0.3 is 0 Å². The molecule has 0 spiro atoms. The number of aromatic amines is 1. The predicted octanol–water partition coefficient (Wildman–Crippen LogP) is 2.18. The van der Waals surface area contributed by atoms with Crippen LogP contribution in [0.25, 0.3) is 10.9 Å². The zero-order valence-electron chi connectivity index (χ0n) is 13.8. The fourth-order valence-electron chi connectivity index (χ4n) is 2.36. The molecule has 132 valence electrons. The van der Waals surface area contributed by atoms with Crippen molar-refractivity contribution in [2.24, 2.45) is 0 Å². The average Bonchev–Trinajstić information content (AvgIpc) is 3.15. The van der Waals surface area contributed by atoms with E-state index in [9.17, 15) is 9.18 Å². The van der Waals surface area contributed by atoms with Crippen LogP contribution in [-0.2, 0) is 17.9 Å². The molecule has 0 fully saturated rings. The normalized spacial score (nSPS) is 12.3. The second kappa shape index (κ2) is 6.94. The van der Waals surface area contributed by atoms with Crippen LogP contribution < -0.4 is 10.1 Å². The Hall–Kier alpha value is -2.87. The molecule has 1 atom stereocenters. The molecule has 7 nitrogen and oxygen atoms in total. The molecule has 2 heterocycles. The van der Waals surface area contributed by atoms with Crippen molar-refractivity contribution in [3.63, 3.8) is 0 Å². The number of nitrogens with one attached hydrogen (secondary N) is 2. The second-order valence-corrected chi connectivity index (χ2v) is 5.78. The molecule has 1 unspecified atom stereocenters. The number of halogens is 1. The molecule has 3 rings (SSSR count). The molecule has 1 aromatic carbocycles. The highest BCUT2D eigenvalue weighted by Gasteiger charge is 2.12. The average molecular weight is 347 g/mol. The molecule has 0 aliphatic carbocycles. The van der Waals surface area contributed by atoms with Crippen LogP contribution in [0.15, 0.2) is 28.8 Å². The van der Waals surface area contributed by atoms with E-state index in [1.165, 1.54) is 13.0 Å². The smallest absolute Gasteiger partial charge is 0.248 e. The van der Waals surface area contributed by atoms with Gasteiger partial charge in [-0.25, -0.2) is 4.39 Å². The van der Waals surface area contributed by atoms with E-state index < -0.39 is 17.8 Å². The maximum absolute atomic E-state index is 14.2. The molecular formula is C17H18FN3O4. The lowest BCUT2D eigenvalue weighted by atomic mass is 10.2. The standard InChI is InChI=1S/C17H18FN3O4/c1-9-3-13(25-21-9)8-24-16-6-15-11(5-14(16)18)4-12(20-15)7-19-17(23)10(2)22/h3-6,10,20,22H,7-8H2,1-2H3,(H,19,23). The van der Waals surface area contributed by atoms with E-state index in [1.807, 2.05) is 0 Å². The molecule has 0 radical (unpaired) electrons. The summed E-state index contributed by atoms with van der Waals surface area (Å²) in [6, 6.07) is 6.35. The van der Waals surface area contributed by atoms with Gasteiger partial charge in [-0.15, -0.1) is 0 Å². The summed E-state index contributed by atoms with van der Waals surface area (Å²) in [7, 11) is 0. The molecule has 2 aromatic heterocycles. The number of benzene rings is 1.